The van der Waals surface area contributed by atoms with Gasteiger partial charge in [-0.1, -0.05) is 6.92 Å². The van der Waals surface area contributed by atoms with E-state index in [9.17, 15) is 9.81 Å². The third-order valence-electron chi connectivity index (χ3n) is 1.74. The highest BCUT2D eigenvalue weighted by atomic mass is 16.3. The number of rotatable bonds is 3. The third-order valence-corrected chi connectivity index (χ3v) is 1.74. The highest BCUT2D eigenvalue weighted by Crippen LogP contribution is 2.33. The molecule has 0 aliphatic heterocycles. The smallest absolute Gasteiger partial charge is 0.120 e. The van der Waals surface area contributed by atoms with Crippen molar-refractivity contribution < 1.29 is 5.11 Å². The van der Waals surface area contributed by atoms with Gasteiger partial charge in [-0.2, -0.15) is 0 Å². The normalized spacial score (nSPS) is 9.62. The Labute approximate surface area is 74.3 Å². The van der Waals surface area contributed by atoms with Crippen molar-refractivity contribution in [2.24, 2.45) is 10.4 Å². The SMILES string of the molecule is CCc1c(N=O)cc(O)cc1N=O. The lowest BCUT2D eigenvalue weighted by atomic mass is 10.1. The molecule has 0 bridgehead atoms. The Morgan fingerprint density at radius 3 is 2.00 bits per heavy atom. The molecule has 1 aromatic carbocycles. The molecule has 0 amide bonds. The predicted octanol–water partition coefficient (Wildman–Crippen LogP) is 2.75. The lowest BCUT2D eigenvalue weighted by Crippen LogP contribution is -1.82. The number of benzene rings is 1. The zero-order valence-electron chi connectivity index (χ0n) is 7.02. The fraction of sp³-hybridized carbons (Fsp3) is 0.250. The molecule has 1 N–H and O–H groups in total. The molecule has 0 aromatic heterocycles. The Hall–Kier alpha value is -1.78. The van der Waals surface area contributed by atoms with Gasteiger partial charge in [-0.3, -0.25) is 0 Å². The summed E-state index contributed by atoms with van der Waals surface area (Å²) in [6.45, 7) is 1.77. The van der Waals surface area contributed by atoms with Gasteiger partial charge in [-0.25, -0.2) is 0 Å². The summed E-state index contributed by atoms with van der Waals surface area (Å²) in [5.41, 5.74) is 0.594. The molecule has 1 aromatic rings. The molecule has 0 aliphatic rings. The van der Waals surface area contributed by atoms with E-state index in [2.05, 4.69) is 10.4 Å². The second-order valence-electron chi connectivity index (χ2n) is 2.50. The first-order valence-corrected chi connectivity index (χ1v) is 3.75. The lowest BCUT2D eigenvalue weighted by molar-refractivity contribution is 0.475. The molecule has 0 radical (unpaired) electrons. The molecule has 5 heteroatoms. The van der Waals surface area contributed by atoms with Gasteiger partial charge >= 0.3 is 0 Å². The zero-order valence-corrected chi connectivity index (χ0v) is 7.02. The van der Waals surface area contributed by atoms with Crippen LogP contribution in [0.2, 0.25) is 0 Å². The van der Waals surface area contributed by atoms with E-state index in [4.69, 9.17) is 5.11 Å². The van der Waals surface area contributed by atoms with E-state index in [-0.39, 0.29) is 17.1 Å². The van der Waals surface area contributed by atoms with E-state index < -0.39 is 0 Å². The van der Waals surface area contributed by atoms with Gasteiger partial charge in [0.1, 0.15) is 17.1 Å². The van der Waals surface area contributed by atoms with Crippen molar-refractivity contribution >= 4 is 11.4 Å². The Balaban J connectivity index is 3.41. The molecule has 68 valence electrons. The minimum atomic E-state index is -0.179. The zero-order chi connectivity index (χ0) is 9.84. The molecule has 0 saturated heterocycles. The van der Waals surface area contributed by atoms with Gasteiger partial charge in [0.15, 0.2) is 0 Å². The van der Waals surface area contributed by atoms with Crippen LogP contribution in [0.25, 0.3) is 0 Å². The van der Waals surface area contributed by atoms with Crippen LogP contribution in [0.5, 0.6) is 5.75 Å². The number of nitrogens with zero attached hydrogens (tertiary/aromatic N) is 2. The molecular formula is C8H8N2O3. The largest absolute Gasteiger partial charge is 0.508 e. The maximum atomic E-state index is 10.3. The van der Waals surface area contributed by atoms with Gasteiger partial charge in [0.2, 0.25) is 0 Å². The summed E-state index contributed by atoms with van der Waals surface area (Å²) < 4.78 is 0. The second kappa shape index (κ2) is 3.75. The molecule has 0 aliphatic carbocycles. The van der Waals surface area contributed by atoms with Gasteiger partial charge in [0.05, 0.1) is 0 Å². The first-order chi connectivity index (χ1) is 6.22. The number of hydrogen-bond donors (Lipinski definition) is 1. The Kier molecular flexibility index (Phi) is 2.69. The monoisotopic (exact) mass is 180 g/mol. The van der Waals surface area contributed by atoms with Crippen LogP contribution >= 0.6 is 0 Å². The van der Waals surface area contributed by atoms with Gasteiger partial charge < -0.3 is 5.11 Å². The average molecular weight is 180 g/mol. The molecule has 1 rings (SSSR count). The van der Waals surface area contributed by atoms with Crippen LogP contribution < -0.4 is 0 Å². The molecular weight excluding hydrogens is 172 g/mol. The van der Waals surface area contributed by atoms with Crippen LogP contribution in [-0.2, 0) is 6.42 Å². The van der Waals surface area contributed by atoms with Gasteiger partial charge in [-0.15, -0.1) is 9.81 Å². The van der Waals surface area contributed by atoms with Crippen molar-refractivity contribution in [3.05, 3.63) is 27.5 Å². The van der Waals surface area contributed by atoms with Crippen molar-refractivity contribution in [1.29, 1.82) is 0 Å². The van der Waals surface area contributed by atoms with Crippen molar-refractivity contribution in [1.82, 2.24) is 0 Å². The first kappa shape index (κ1) is 9.31. The van der Waals surface area contributed by atoms with Crippen molar-refractivity contribution in [3.63, 3.8) is 0 Å². The number of hydrogen-bond acceptors (Lipinski definition) is 5. The van der Waals surface area contributed by atoms with Crippen LogP contribution in [0, 0.1) is 9.81 Å². The molecule has 0 heterocycles. The Morgan fingerprint density at radius 2 is 1.69 bits per heavy atom. The van der Waals surface area contributed by atoms with Crippen LogP contribution in [0.4, 0.5) is 11.4 Å². The van der Waals surface area contributed by atoms with E-state index in [1.165, 1.54) is 12.1 Å². The molecule has 5 nitrogen and oxygen atoms in total. The fourth-order valence-corrected chi connectivity index (χ4v) is 1.15. The number of nitroso groups, excluding NO2 is 2. The number of phenols is 1. The maximum absolute atomic E-state index is 10.3. The van der Waals surface area contributed by atoms with Crippen molar-refractivity contribution in [3.8, 4) is 5.75 Å². The summed E-state index contributed by atoms with van der Waals surface area (Å²) in [6, 6.07) is 2.42. The first-order valence-electron chi connectivity index (χ1n) is 3.75. The standard InChI is InChI=1S/C8H8N2O3/c1-2-6-7(9-12)3-5(11)4-8(6)10-13/h3-4,11H,2H2,1H3. The molecule has 0 atom stereocenters. The minimum Gasteiger partial charge on any atom is -0.508 e. The molecule has 13 heavy (non-hydrogen) atoms. The second-order valence-corrected chi connectivity index (χ2v) is 2.50. The highest BCUT2D eigenvalue weighted by Gasteiger charge is 2.10. The van der Waals surface area contributed by atoms with Crippen LogP contribution in [0.15, 0.2) is 22.5 Å². The van der Waals surface area contributed by atoms with Gasteiger partial charge in [0, 0.05) is 17.7 Å². The molecule has 0 saturated carbocycles. The molecule has 0 spiro atoms. The van der Waals surface area contributed by atoms with Gasteiger partial charge in [0.25, 0.3) is 0 Å². The van der Waals surface area contributed by atoms with Crippen molar-refractivity contribution in [2.45, 2.75) is 13.3 Å². The van der Waals surface area contributed by atoms with E-state index >= 15 is 0 Å². The van der Waals surface area contributed by atoms with Crippen LogP contribution in [0.3, 0.4) is 0 Å². The van der Waals surface area contributed by atoms with E-state index in [1.54, 1.807) is 6.92 Å². The Morgan fingerprint density at radius 1 is 1.23 bits per heavy atom. The summed E-state index contributed by atoms with van der Waals surface area (Å²) in [7, 11) is 0. The predicted molar refractivity (Wildman–Crippen MR) is 48.4 cm³/mol. The lowest BCUT2D eigenvalue weighted by Gasteiger charge is -2.02. The summed E-state index contributed by atoms with van der Waals surface area (Å²) >= 11 is 0. The maximum Gasteiger partial charge on any atom is 0.120 e. The van der Waals surface area contributed by atoms with E-state index in [0.717, 1.165) is 0 Å². The van der Waals surface area contributed by atoms with E-state index in [0.29, 0.717) is 12.0 Å². The summed E-state index contributed by atoms with van der Waals surface area (Å²) in [4.78, 5) is 20.6. The van der Waals surface area contributed by atoms with Crippen molar-refractivity contribution in [2.75, 3.05) is 0 Å². The quantitative estimate of drug-likeness (QED) is 0.726. The summed E-state index contributed by atoms with van der Waals surface area (Å²) in [6.07, 6.45) is 0.475. The summed E-state index contributed by atoms with van der Waals surface area (Å²) in [5, 5.41) is 14.5. The minimum absolute atomic E-state index is 0.0668. The molecule has 0 fully saturated rings. The topological polar surface area (TPSA) is 79.1 Å². The fourth-order valence-electron chi connectivity index (χ4n) is 1.15. The third kappa shape index (κ3) is 1.69. The Bertz CT molecular complexity index is 320. The number of aromatic hydroxyl groups is 1. The highest BCUT2D eigenvalue weighted by molar-refractivity contribution is 5.63. The molecule has 0 unspecified atom stereocenters. The van der Waals surface area contributed by atoms with Crippen LogP contribution in [0.1, 0.15) is 12.5 Å². The number of phenolic OH excluding ortho intramolecular Hbond substituents is 1. The van der Waals surface area contributed by atoms with Crippen LogP contribution in [-0.4, -0.2) is 5.11 Å². The summed E-state index contributed by atoms with van der Waals surface area (Å²) in [5.74, 6) is -0.179. The van der Waals surface area contributed by atoms with E-state index in [1.807, 2.05) is 0 Å². The average Bonchev–Trinajstić information content (AvgIpc) is 2.16. The van der Waals surface area contributed by atoms with Gasteiger partial charge in [-0.05, 0) is 16.8 Å².